The van der Waals surface area contributed by atoms with Gasteiger partial charge in [0.1, 0.15) is 17.4 Å². The lowest BCUT2D eigenvalue weighted by Crippen LogP contribution is -2.23. The molecular formula is C18H19NO6. The van der Waals surface area contributed by atoms with Crippen LogP contribution in [0.3, 0.4) is 0 Å². The highest BCUT2D eigenvalue weighted by molar-refractivity contribution is 5.92. The number of nitrogens with zero attached hydrogens (tertiary/aromatic N) is 1. The van der Waals surface area contributed by atoms with Gasteiger partial charge in [0.25, 0.3) is 5.95 Å². The van der Waals surface area contributed by atoms with E-state index in [-0.39, 0.29) is 23.5 Å². The van der Waals surface area contributed by atoms with Gasteiger partial charge < -0.3 is 24.1 Å². The number of aliphatic hydroxyl groups excluding tert-OH is 1. The van der Waals surface area contributed by atoms with E-state index in [0.29, 0.717) is 17.1 Å². The first-order valence-corrected chi connectivity index (χ1v) is 7.59. The lowest BCUT2D eigenvalue weighted by atomic mass is 9.83. The molecule has 0 amide bonds. The van der Waals surface area contributed by atoms with Gasteiger partial charge in [0.2, 0.25) is 0 Å². The predicted octanol–water partition coefficient (Wildman–Crippen LogP) is 2.95. The molecule has 132 valence electrons. The second kappa shape index (κ2) is 7.62. The average Bonchev–Trinajstić information content (AvgIpc) is 2.60. The zero-order valence-corrected chi connectivity index (χ0v) is 14.5. The third kappa shape index (κ3) is 3.38. The van der Waals surface area contributed by atoms with Crippen LogP contribution in [0.4, 0.5) is 0 Å². The zero-order chi connectivity index (χ0) is 18.6. The molecule has 7 nitrogen and oxygen atoms in total. The van der Waals surface area contributed by atoms with Crippen LogP contribution in [-0.2, 0) is 14.3 Å². The van der Waals surface area contributed by atoms with Crippen molar-refractivity contribution >= 4 is 5.97 Å². The van der Waals surface area contributed by atoms with Gasteiger partial charge in [0.15, 0.2) is 11.5 Å². The molecular weight excluding hydrogens is 326 g/mol. The summed E-state index contributed by atoms with van der Waals surface area (Å²) in [5.74, 6) is -0.868. The highest BCUT2D eigenvalue weighted by Crippen LogP contribution is 2.42. The molecule has 0 fully saturated rings. The molecule has 1 aliphatic heterocycles. The molecule has 0 bridgehead atoms. The van der Waals surface area contributed by atoms with E-state index in [9.17, 15) is 15.2 Å². The van der Waals surface area contributed by atoms with Crippen molar-refractivity contribution in [2.45, 2.75) is 19.8 Å². The summed E-state index contributed by atoms with van der Waals surface area (Å²) >= 11 is 0. The Morgan fingerprint density at radius 3 is 2.56 bits per heavy atom. The molecule has 0 unspecified atom stereocenters. The third-order valence-electron chi connectivity index (χ3n) is 3.79. The maximum absolute atomic E-state index is 12.4. The van der Waals surface area contributed by atoms with Crippen LogP contribution in [0.25, 0.3) is 0 Å². The Morgan fingerprint density at radius 2 is 2.00 bits per heavy atom. The maximum Gasteiger partial charge on any atom is 0.338 e. The van der Waals surface area contributed by atoms with Crippen molar-refractivity contribution in [1.29, 1.82) is 5.26 Å². The Kier molecular flexibility index (Phi) is 5.55. The second-order valence-corrected chi connectivity index (χ2v) is 5.17. The minimum absolute atomic E-state index is 0.0825. The van der Waals surface area contributed by atoms with Crippen LogP contribution >= 0.6 is 0 Å². The van der Waals surface area contributed by atoms with E-state index in [1.165, 1.54) is 21.1 Å². The van der Waals surface area contributed by atoms with Gasteiger partial charge in [0, 0.05) is 0 Å². The van der Waals surface area contributed by atoms with E-state index in [4.69, 9.17) is 18.9 Å². The number of carbonyl (C=O) groups excluding carboxylic acids is 1. The molecule has 1 aromatic carbocycles. The van der Waals surface area contributed by atoms with Crippen molar-refractivity contribution in [3.63, 3.8) is 0 Å². The number of benzene rings is 1. The molecule has 0 saturated carbocycles. The van der Waals surface area contributed by atoms with Crippen LogP contribution < -0.4 is 9.47 Å². The minimum Gasteiger partial charge on any atom is -0.493 e. The summed E-state index contributed by atoms with van der Waals surface area (Å²) in [6, 6.07) is 6.90. The van der Waals surface area contributed by atoms with Crippen molar-refractivity contribution in [3.8, 4) is 17.6 Å². The standard InChI is InChI=1S/C18H19NO6/c1-5-24-18(21)15-10(2)25-17(20)12(9-19)16(15)11-6-7-13(22-3)14(8-11)23-4/h6-8,16,20H,5H2,1-4H3/t16-/m1/s1. The Morgan fingerprint density at radius 1 is 1.32 bits per heavy atom. The van der Waals surface area contributed by atoms with Gasteiger partial charge in [0.05, 0.1) is 32.3 Å². The van der Waals surface area contributed by atoms with Gasteiger partial charge in [-0.1, -0.05) is 6.07 Å². The Labute approximate surface area is 145 Å². The fourth-order valence-corrected chi connectivity index (χ4v) is 2.67. The van der Waals surface area contributed by atoms with E-state index in [1.54, 1.807) is 25.1 Å². The molecule has 1 heterocycles. The van der Waals surface area contributed by atoms with Crippen LogP contribution in [0.2, 0.25) is 0 Å². The summed E-state index contributed by atoms with van der Waals surface area (Å²) in [4.78, 5) is 12.4. The van der Waals surface area contributed by atoms with Crippen LogP contribution in [-0.4, -0.2) is 31.9 Å². The molecule has 1 aromatic rings. The number of aliphatic hydroxyl groups is 1. The molecule has 0 saturated heterocycles. The van der Waals surface area contributed by atoms with Crippen molar-refractivity contribution in [1.82, 2.24) is 0 Å². The van der Waals surface area contributed by atoms with Crippen LogP contribution in [0.5, 0.6) is 11.5 Å². The predicted molar refractivity (Wildman–Crippen MR) is 88.0 cm³/mol. The van der Waals surface area contributed by atoms with Gasteiger partial charge in [-0.15, -0.1) is 0 Å². The normalized spacial score (nSPS) is 16.8. The molecule has 25 heavy (non-hydrogen) atoms. The first-order chi connectivity index (χ1) is 12.0. The van der Waals surface area contributed by atoms with Crippen LogP contribution in [0.15, 0.2) is 41.0 Å². The number of hydrogen-bond acceptors (Lipinski definition) is 7. The monoisotopic (exact) mass is 345 g/mol. The highest BCUT2D eigenvalue weighted by Gasteiger charge is 2.37. The molecule has 1 N–H and O–H groups in total. The minimum atomic E-state index is -0.836. The third-order valence-corrected chi connectivity index (χ3v) is 3.79. The van der Waals surface area contributed by atoms with Gasteiger partial charge >= 0.3 is 5.97 Å². The maximum atomic E-state index is 12.4. The van der Waals surface area contributed by atoms with E-state index in [2.05, 4.69) is 0 Å². The summed E-state index contributed by atoms with van der Waals surface area (Å²) < 4.78 is 20.7. The number of methoxy groups -OCH3 is 2. The quantitative estimate of drug-likeness (QED) is 0.819. The Balaban J connectivity index is 2.64. The highest BCUT2D eigenvalue weighted by atomic mass is 16.6. The number of hydrogen-bond donors (Lipinski definition) is 1. The Bertz CT molecular complexity index is 787. The van der Waals surface area contributed by atoms with Gasteiger partial charge in [-0.2, -0.15) is 5.26 Å². The largest absolute Gasteiger partial charge is 0.493 e. The number of carbonyl (C=O) groups is 1. The number of rotatable bonds is 5. The van der Waals surface area contributed by atoms with E-state index in [0.717, 1.165) is 0 Å². The molecule has 0 aliphatic carbocycles. The van der Waals surface area contributed by atoms with E-state index >= 15 is 0 Å². The first kappa shape index (κ1) is 18.2. The lowest BCUT2D eigenvalue weighted by molar-refractivity contribution is -0.139. The van der Waals surface area contributed by atoms with Gasteiger partial charge in [-0.25, -0.2) is 4.79 Å². The summed E-state index contributed by atoms with van der Waals surface area (Å²) in [5.41, 5.74) is 0.635. The van der Waals surface area contributed by atoms with Crippen LogP contribution in [0, 0.1) is 11.3 Å². The summed E-state index contributed by atoms with van der Waals surface area (Å²) in [5, 5.41) is 19.5. The second-order valence-electron chi connectivity index (χ2n) is 5.17. The molecule has 7 heteroatoms. The van der Waals surface area contributed by atoms with Crippen molar-refractivity contribution in [2.75, 3.05) is 20.8 Å². The van der Waals surface area contributed by atoms with Gasteiger partial charge in [-0.05, 0) is 31.5 Å². The lowest BCUT2D eigenvalue weighted by Gasteiger charge is -2.26. The summed E-state index contributed by atoms with van der Waals surface area (Å²) in [6.45, 7) is 3.39. The fraction of sp³-hybridized carbons (Fsp3) is 0.333. The Hall–Kier alpha value is -3.14. The van der Waals surface area contributed by atoms with E-state index in [1.807, 2.05) is 6.07 Å². The van der Waals surface area contributed by atoms with Crippen molar-refractivity contribution < 1.29 is 28.8 Å². The summed E-state index contributed by atoms with van der Waals surface area (Å²) in [7, 11) is 2.99. The smallest absolute Gasteiger partial charge is 0.338 e. The van der Waals surface area contributed by atoms with Crippen LogP contribution in [0.1, 0.15) is 25.3 Å². The fourth-order valence-electron chi connectivity index (χ4n) is 2.67. The molecule has 1 atom stereocenters. The van der Waals surface area contributed by atoms with Gasteiger partial charge in [-0.3, -0.25) is 0 Å². The average molecular weight is 345 g/mol. The van der Waals surface area contributed by atoms with Crippen molar-refractivity contribution in [3.05, 3.63) is 46.6 Å². The number of esters is 1. The molecule has 0 aromatic heterocycles. The molecule has 0 spiro atoms. The number of nitriles is 1. The summed E-state index contributed by atoms with van der Waals surface area (Å²) in [6.07, 6.45) is 0. The number of allylic oxidation sites excluding steroid dienone is 2. The topological polar surface area (TPSA) is 98.0 Å². The van der Waals surface area contributed by atoms with E-state index < -0.39 is 17.8 Å². The first-order valence-electron chi connectivity index (χ1n) is 7.59. The molecule has 0 radical (unpaired) electrons. The zero-order valence-electron chi connectivity index (χ0n) is 14.5. The SMILES string of the molecule is CCOC(=O)C1=C(C)OC(O)=C(C#N)[C@H]1c1ccc(OC)c(OC)c1. The number of ether oxygens (including phenoxy) is 4. The van der Waals surface area contributed by atoms with Crippen molar-refractivity contribution in [2.24, 2.45) is 0 Å². The molecule has 1 aliphatic rings. The molecule has 2 rings (SSSR count).